The first-order valence-corrected chi connectivity index (χ1v) is 38.3. The Hall–Kier alpha value is -1.14. The number of unbranched alkanes of at least 4 members (excludes halogenated alkanes) is 62. The highest BCUT2D eigenvalue weighted by Gasteiger charge is 2.20. The molecule has 2 unspecified atom stereocenters. The lowest BCUT2D eigenvalue weighted by atomic mass is 10.0. The Morgan fingerprint density at radius 1 is 0.293 bits per heavy atom. The van der Waals surface area contributed by atoms with Gasteiger partial charge in [0, 0.05) is 12.8 Å². The molecule has 0 aliphatic carbocycles. The predicted octanol–water partition coefficient (Wildman–Crippen LogP) is 24.9. The molecule has 0 heterocycles. The normalized spacial score (nSPS) is 12.4. The summed E-state index contributed by atoms with van der Waals surface area (Å²) in [5.41, 5.74) is 0. The first-order chi connectivity index (χ1) is 40.5. The topological polar surface area (TPSA) is 95.9 Å². The molecule has 1 amide bonds. The summed E-state index contributed by atoms with van der Waals surface area (Å²) in [5, 5.41) is 23.4. The van der Waals surface area contributed by atoms with Crippen LogP contribution in [0.5, 0.6) is 0 Å². The minimum Gasteiger partial charge on any atom is -0.466 e. The predicted molar refractivity (Wildman–Crippen MR) is 361 cm³/mol. The number of ether oxygens (including phenoxy) is 1. The van der Waals surface area contributed by atoms with E-state index in [1.54, 1.807) is 0 Å². The Morgan fingerprint density at radius 3 is 0.744 bits per heavy atom. The van der Waals surface area contributed by atoms with Crippen molar-refractivity contribution in [3.05, 3.63) is 0 Å². The molecule has 0 saturated carbocycles. The van der Waals surface area contributed by atoms with Crippen molar-refractivity contribution in [2.45, 2.75) is 463 Å². The average molecular weight is 1160 g/mol. The zero-order chi connectivity index (χ0) is 59.2. The summed E-state index contributed by atoms with van der Waals surface area (Å²) in [5.74, 6) is 0.0000397. The van der Waals surface area contributed by atoms with Gasteiger partial charge in [0.2, 0.25) is 5.91 Å². The van der Waals surface area contributed by atoms with Crippen molar-refractivity contribution in [3.63, 3.8) is 0 Å². The molecule has 0 aromatic carbocycles. The van der Waals surface area contributed by atoms with Crippen LogP contribution in [0, 0.1) is 0 Å². The molecule has 82 heavy (non-hydrogen) atoms. The molecule has 0 aromatic heterocycles. The van der Waals surface area contributed by atoms with Crippen molar-refractivity contribution < 1.29 is 24.5 Å². The molecule has 2 atom stereocenters. The third kappa shape index (κ3) is 68.0. The fourth-order valence-electron chi connectivity index (χ4n) is 12.6. The molecular weight excluding hydrogens is 1010 g/mol. The van der Waals surface area contributed by atoms with E-state index in [1.807, 2.05) is 0 Å². The molecule has 0 aliphatic rings. The van der Waals surface area contributed by atoms with E-state index in [0.717, 1.165) is 38.5 Å². The molecule has 0 spiro atoms. The van der Waals surface area contributed by atoms with Gasteiger partial charge in [-0.05, 0) is 25.7 Å². The van der Waals surface area contributed by atoms with Crippen LogP contribution < -0.4 is 5.32 Å². The minimum atomic E-state index is -0.661. The maximum Gasteiger partial charge on any atom is 0.305 e. The third-order valence-corrected chi connectivity index (χ3v) is 18.4. The summed E-state index contributed by atoms with van der Waals surface area (Å²) in [7, 11) is 0. The van der Waals surface area contributed by atoms with Crippen molar-refractivity contribution in [1.82, 2.24) is 5.32 Å². The lowest BCUT2D eigenvalue weighted by molar-refractivity contribution is -0.143. The lowest BCUT2D eigenvalue weighted by Crippen LogP contribution is -2.45. The van der Waals surface area contributed by atoms with Crippen molar-refractivity contribution in [3.8, 4) is 0 Å². The molecule has 0 saturated heterocycles. The number of aliphatic hydroxyl groups is 2. The van der Waals surface area contributed by atoms with E-state index in [9.17, 15) is 19.8 Å². The number of carbonyl (C=O) groups is 2. The van der Waals surface area contributed by atoms with Crippen LogP contribution in [0.2, 0.25) is 0 Å². The molecule has 0 aromatic rings. The number of rotatable bonds is 73. The quantitative estimate of drug-likeness (QED) is 0.0417. The summed E-state index contributed by atoms with van der Waals surface area (Å²) in [6.07, 6.45) is 89.0. The Bertz CT molecular complexity index is 1200. The summed E-state index contributed by atoms with van der Waals surface area (Å²) < 4.78 is 5.51. The summed E-state index contributed by atoms with van der Waals surface area (Å²) >= 11 is 0. The maximum absolute atomic E-state index is 12.5. The number of hydrogen-bond acceptors (Lipinski definition) is 5. The Morgan fingerprint density at radius 2 is 0.500 bits per heavy atom. The van der Waals surface area contributed by atoms with E-state index in [1.165, 1.54) is 379 Å². The maximum atomic E-state index is 12.5. The largest absolute Gasteiger partial charge is 0.466 e. The van der Waals surface area contributed by atoms with Crippen LogP contribution in [0.3, 0.4) is 0 Å². The van der Waals surface area contributed by atoms with Gasteiger partial charge in [0.25, 0.3) is 0 Å². The second-order valence-electron chi connectivity index (χ2n) is 26.7. The zero-order valence-corrected chi connectivity index (χ0v) is 56.3. The second kappa shape index (κ2) is 72.3. The van der Waals surface area contributed by atoms with Gasteiger partial charge in [-0.3, -0.25) is 9.59 Å². The Balaban J connectivity index is 3.31. The van der Waals surface area contributed by atoms with Crippen LogP contribution in [0.15, 0.2) is 0 Å². The number of carbonyl (C=O) groups excluding carboxylic acids is 2. The monoisotopic (exact) mass is 1160 g/mol. The zero-order valence-electron chi connectivity index (χ0n) is 56.3. The van der Waals surface area contributed by atoms with Crippen molar-refractivity contribution in [2.24, 2.45) is 0 Å². The van der Waals surface area contributed by atoms with Gasteiger partial charge < -0.3 is 20.3 Å². The Labute approximate surface area is 515 Å². The van der Waals surface area contributed by atoms with Crippen LogP contribution in [-0.4, -0.2) is 47.4 Å². The highest BCUT2D eigenvalue weighted by molar-refractivity contribution is 5.76. The molecule has 0 aliphatic heterocycles. The fourth-order valence-corrected chi connectivity index (χ4v) is 12.6. The average Bonchev–Trinajstić information content (AvgIpc) is 3.48. The summed E-state index contributed by atoms with van der Waals surface area (Å²) in [6.45, 7) is 5.02. The van der Waals surface area contributed by atoms with Gasteiger partial charge in [-0.25, -0.2) is 0 Å². The molecular formula is C76H151NO5. The minimum absolute atomic E-state index is 0.0256. The van der Waals surface area contributed by atoms with Crippen LogP contribution in [0.1, 0.15) is 450 Å². The van der Waals surface area contributed by atoms with E-state index in [4.69, 9.17) is 4.74 Å². The first kappa shape index (κ1) is 80.9. The smallest absolute Gasteiger partial charge is 0.305 e. The highest BCUT2D eigenvalue weighted by atomic mass is 16.5. The standard InChI is InChI=1S/C76H151NO5/c1-3-5-7-9-11-13-15-17-19-21-37-40-44-48-52-56-60-64-68-74(79)73(72-78)77-75(80)69-65-61-57-53-49-45-41-38-35-33-31-29-27-25-23-22-24-26-28-30-32-34-36-39-43-47-51-55-59-63-67-71-82-76(81)70-66-62-58-54-50-46-42-20-18-16-14-12-10-8-6-4-2/h73-74,78-79H,3-72H2,1-2H3,(H,77,80). The molecule has 0 radical (unpaired) electrons. The van der Waals surface area contributed by atoms with E-state index in [0.29, 0.717) is 25.9 Å². The molecule has 6 nitrogen and oxygen atoms in total. The number of amides is 1. The summed E-state index contributed by atoms with van der Waals surface area (Å²) in [4.78, 5) is 24.6. The van der Waals surface area contributed by atoms with Crippen molar-refractivity contribution >= 4 is 11.9 Å². The summed E-state index contributed by atoms with van der Waals surface area (Å²) in [6, 6.07) is -0.538. The van der Waals surface area contributed by atoms with E-state index < -0.39 is 12.1 Å². The second-order valence-corrected chi connectivity index (χ2v) is 26.7. The lowest BCUT2D eigenvalue weighted by Gasteiger charge is -2.22. The van der Waals surface area contributed by atoms with Crippen molar-refractivity contribution in [2.75, 3.05) is 13.2 Å². The molecule has 0 rings (SSSR count). The van der Waals surface area contributed by atoms with Crippen LogP contribution in [0.4, 0.5) is 0 Å². The van der Waals surface area contributed by atoms with Gasteiger partial charge in [0.15, 0.2) is 0 Å². The van der Waals surface area contributed by atoms with E-state index >= 15 is 0 Å². The van der Waals surface area contributed by atoms with E-state index in [2.05, 4.69) is 19.2 Å². The first-order valence-electron chi connectivity index (χ1n) is 38.3. The highest BCUT2D eigenvalue weighted by Crippen LogP contribution is 2.20. The molecule has 0 bridgehead atoms. The SMILES string of the molecule is CCCCCCCCCCCCCCCCCCCCC(O)C(CO)NC(=O)CCCCCCCCCCCCCCCCCCCCCCCCCCCCCCCCCOC(=O)CCCCCCCCCCCCCCCCCC. The van der Waals surface area contributed by atoms with E-state index in [-0.39, 0.29) is 18.5 Å². The number of nitrogens with one attached hydrogen (secondary N) is 1. The van der Waals surface area contributed by atoms with Crippen LogP contribution >= 0.6 is 0 Å². The van der Waals surface area contributed by atoms with Gasteiger partial charge in [0.05, 0.1) is 25.4 Å². The third-order valence-electron chi connectivity index (χ3n) is 18.4. The molecule has 3 N–H and O–H groups in total. The van der Waals surface area contributed by atoms with Crippen molar-refractivity contribution in [1.29, 1.82) is 0 Å². The van der Waals surface area contributed by atoms with Gasteiger partial charge in [-0.2, -0.15) is 0 Å². The number of aliphatic hydroxyl groups excluding tert-OH is 2. The van der Waals surface area contributed by atoms with Gasteiger partial charge in [-0.1, -0.05) is 412 Å². The Kier molecular flexibility index (Phi) is 71.3. The number of esters is 1. The van der Waals surface area contributed by atoms with Gasteiger partial charge in [-0.15, -0.1) is 0 Å². The van der Waals surface area contributed by atoms with Gasteiger partial charge >= 0.3 is 5.97 Å². The fraction of sp³-hybridized carbons (Fsp3) is 0.974. The van der Waals surface area contributed by atoms with Gasteiger partial charge in [0.1, 0.15) is 0 Å². The van der Waals surface area contributed by atoms with Crippen LogP contribution in [0.25, 0.3) is 0 Å². The molecule has 6 heteroatoms. The number of hydrogen-bond donors (Lipinski definition) is 3. The molecule has 490 valence electrons. The van der Waals surface area contributed by atoms with Crippen LogP contribution in [-0.2, 0) is 14.3 Å². The molecule has 0 fully saturated rings.